The molecule has 2 aromatic carbocycles. The van der Waals surface area contributed by atoms with Crippen LogP contribution < -0.4 is 14.8 Å². The van der Waals surface area contributed by atoms with Crippen LogP contribution in [-0.4, -0.2) is 19.6 Å². The topological polar surface area (TPSA) is 47.6 Å². The highest BCUT2D eigenvalue weighted by molar-refractivity contribution is 5.78. The van der Waals surface area contributed by atoms with Crippen molar-refractivity contribution in [3.8, 4) is 11.5 Å². The van der Waals surface area contributed by atoms with Crippen molar-refractivity contribution in [1.29, 1.82) is 0 Å². The molecule has 1 atom stereocenters. The standard InChI is InChI=1S/C20H25NO3/c1-15(2)13-19(16-9-11-17(23-3)12-10-16)21-20(22)14-24-18-7-5-4-6-8-18/h4-12,15,19H,13-14H2,1-3H3,(H,21,22)/t19-/m0/s1. The van der Waals surface area contributed by atoms with Crippen molar-refractivity contribution < 1.29 is 14.3 Å². The Morgan fingerprint density at radius 2 is 1.67 bits per heavy atom. The largest absolute Gasteiger partial charge is 0.497 e. The van der Waals surface area contributed by atoms with E-state index in [0.29, 0.717) is 11.7 Å². The third-order valence-electron chi connectivity index (χ3n) is 3.67. The molecule has 1 N–H and O–H groups in total. The molecule has 0 aliphatic rings. The number of ether oxygens (including phenoxy) is 2. The summed E-state index contributed by atoms with van der Waals surface area (Å²) in [5.41, 5.74) is 1.07. The Kier molecular flexibility index (Phi) is 6.67. The zero-order valence-electron chi connectivity index (χ0n) is 14.5. The molecule has 4 nitrogen and oxygen atoms in total. The first-order valence-electron chi connectivity index (χ1n) is 8.19. The zero-order valence-corrected chi connectivity index (χ0v) is 14.5. The lowest BCUT2D eigenvalue weighted by Crippen LogP contribution is -2.33. The van der Waals surface area contributed by atoms with Crippen LogP contribution >= 0.6 is 0 Å². The maximum atomic E-state index is 12.2. The molecule has 4 heteroatoms. The van der Waals surface area contributed by atoms with Crippen LogP contribution in [-0.2, 0) is 4.79 Å². The third kappa shape index (κ3) is 5.61. The lowest BCUT2D eigenvalue weighted by molar-refractivity contribution is -0.124. The zero-order chi connectivity index (χ0) is 17.4. The van der Waals surface area contributed by atoms with Gasteiger partial charge in [0.15, 0.2) is 6.61 Å². The highest BCUT2D eigenvalue weighted by atomic mass is 16.5. The maximum absolute atomic E-state index is 12.2. The van der Waals surface area contributed by atoms with E-state index >= 15 is 0 Å². The van der Waals surface area contributed by atoms with Crippen LogP contribution in [0.15, 0.2) is 54.6 Å². The summed E-state index contributed by atoms with van der Waals surface area (Å²) >= 11 is 0. The van der Waals surface area contributed by atoms with Crippen LogP contribution in [0.5, 0.6) is 11.5 Å². The molecule has 0 aliphatic carbocycles. The second kappa shape index (κ2) is 8.96. The number of carbonyl (C=O) groups excluding carboxylic acids is 1. The quantitative estimate of drug-likeness (QED) is 0.798. The second-order valence-corrected chi connectivity index (χ2v) is 6.12. The van der Waals surface area contributed by atoms with E-state index < -0.39 is 0 Å². The number of methoxy groups -OCH3 is 1. The van der Waals surface area contributed by atoms with E-state index in [-0.39, 0.29) is 18.6 Å². The Bertz CT molecular complexity index is 623. The average Bonchev–Trinajstić information content (AvgIpc) is 2.60. The summed E-state index contributed by atoms with van der Waals surface area (Å²) < 4.78 is 10.7. The summed E-state index contributed by atoms with van der Waals surface area (Å²) in [5.74, 6) is 1.84. The van der Waals surface area contributed by atoms with Crippen molar-refractivity contribution in [1.82, 2.24) is 5.32 Å². The molecular weight excluding hydrogens is 302 g/mol. The highest BCUT2D eigenvalue weighted by Crippen LogP contribution is 2.23. The molecule has 128 valence electrons. The van der Waals surface area contributed by atoms with Gasteiger partial charge in [-0.05, 0) is 42.2 Å². The Balaban J connectivity index is 1.97. The van der Waals surface area contributed by atoms with Gasteiger partial charge in [0.05, 0.1) is 13.2 Å². The van der Waals surface area contributed by atoms with Crippen LogP contribution in [0.25, 0.3) is 0 Å². The Hall–Kier alpha value is -2.49. The number of nitrogens with one attached hydrogen (secondary N) is 1. The Morgan fingerprint density at radius 1 is 1.00 bits per heavy atom. The average molecular weight is 327 g/mol. The van der Waals surface area contributed by atoms with E-state index in [9.17, 15) is 4.79 Å². The number of rotatable bonds is 8. The van der Waals surface area contributed by atoms with E-state index in [1.807, 2.05) is 54.6 Å². The highest BCUT2D eigenvalue weighted by Gasteiger charge is 2.16. The SMILES string of the molecule is COc1ccc([C@H](CC(C)C)NC(=O)COc2ccccc2)cc1. The van der Waals surface area contributed by atoms with Crippen molar-refractivity contribution in [3.05, 3.63) is 60.2 Å². The third-order valence-corrected chi connectivity index (χ3v) is 3.67. The lowest BCUT2D eigenvalue weighted by Gasteiger charge is -2.21. The fourth-order valence-electron chi connectivity index (χ4n) is 2.49. The van der Waals surface area contributed by atoms with Gasteiger partial charge >= 0.3 is 0 Å². The first-order valence-corrected chi connectivity index (χ1v) is 8.19. The molecule has 0 fully saturated rings. The predicted octanol–water partition coefficient (Wildman–Crippen LogP) is 3.98. The maximum Gasteiger partial charge on any atom is 0.258 e. The molecular formula is C20H25NO3. The smallest absolute Gasteiger partial charge is 0.258 e. The molecule has 0 unspecified atom stereocenters. The van der Waals surface area contributed by atoms with Crippen molar-refractivity contribution in [2.24, 2.45) is 5.92 Å². The molecule has 0 saturated carbocycles. The van der Waals surface area contributed by atoms with Crippen LogP contribution in [0.2, 0.25) is 0 Å². The molecule has 24 heavy (non-hydrogen) atoms. The van der Waals surface area contributed by atoms with Gasteiger partial charge < -0.3 is 14.8 Å². The summed E-state index contributed by atoms with van der Waals surface area (Å²) in [7, 11) is 1.64. The van der Waals surface area contributed by atoms with Gasteiger partial charge in [0.25, 0.3) is 5.91 Å². The molecule has 2 aromatic rings. The van der Waals surface area contributed by atoms with E-state index in [0.717, 1.165) is 17.7 Å². The van der Waals surface area contributed by atoms with Crippen molar-refractivity contribution in [2.45, 2.75) is 26.3 Å². The molecule has 0 heterocycles. The molecule has 0 radical (unpaired) electrons. The summed E-state index contributed by atoms with van der Waals surface area (Å²) in [6, 6.07) is 17.1. The minimum atomic E-state index is -0.125. The summed E-state index contributed by atoms with van der Waals surface area (Å²) in [6.45, 7) is 4.29. The lowest BCUT2D eigenvalue weighted by atomic mass is 9.97. The van der Waals surface area contributed by atoms with Gasteiger partial charge in [-0.15, -0.1) is 0 Å². The monoisotopic (exact) mass is 327 g/mol. The minimum Gasteiger partial charge on any atom is -0.497 e. The van der Waals surface area contributed by atoms with Gasteiger partial charge in [-0.1, -0.05) is 44.2 Å². The fraction of sp³-hybridized carbons (Fsp3) is 0.350. The van der Waals surface area contributed by atoms with E-state index in [1.165, 1.54) is 0 Å². The van der Waals surface area contributed by atoms with Gasteiger partial charge in [0.1, 0.15) is 11.5 Å². The normalized spacial score (nSPS) is 11.8. The van der Waals surface area contributed by atoms with Crippen LogP contribution in [0.1, 0.15) is 31.9 Å². The van der Waals surface area contributed by atoms with Gasteiger partial charge in [0, 0.05) is 0 Å². The number of hydrogen-bond donors (Lipinski definition) is 1. The van der Waals surface area contributed by atoms with Crippen molar-refractivity contribution >= 4 is 5.91 Å². The Labute approximate surface area is 143 Å². The fourth-order valence-corrected chi connectivity index (χ4v) is 2.49. The van der Waals surface area contributed by atoms with Crippen LogP contribution in [0, 0.1) is 5.92 Å². The predicted molar refractivity (Wildman–Crippen MR) is 95.3 cm³/mol. The first kappa shape index (κ1) is 17.9. The summed E-state index contributed by atoms with van der Waals surface area (Å²) in [5, 5.41) is 3.07. The molecule has 0 bridgehead atoms. The van der Waals surface area contributed by atoms with Crippen molar-refractivity contribution in [3.63, 3.8) is 0 Å². The number of hydrogen-bond acceptors (Lipinski definition) is 3. The van der Waals surface area contributed by atoms with E-state index in [1.54, 1.807) is 7.11 Å². The second-order valence-electron chi connectivity index (χ2n) is 6.12. The number of benzene rings is 2. The summed E-state index contributed by atoms with van der Waals surface area (Å²) in [6.07, 6.45) is 0.864. The molecule has 2 rings (SSSR count). The molecule has 1 amide bonds. The molecule has 0 spiro atoms. The molecule has 0 aromatic heterocycles. The van der Waals surface area contributed by atoms with Crippen LogP contribution in [0.3, 0.4) is 0 Å². The van der Waals surface area contributed by atoms with Gasteiger partial charge in [-0.2, -0.15) is 0 Å². The van der Waals surface area contributed by atoms with E-state index in [4.69, 9.17) is 9.47 Å². The molecule has 0 aliphatic heterocycles. The van der Waals surface area contributed by atoms with Crippen molar-refractivity contribution in [2.75, 3.05) is 13.7 Å². The minimum absolute atomic E-state index is 0.00869. The number of amides is 1. The van der Waals surface area contributed by atoms with Gasteiger partial charge in [-0.3, -0.25) is 4.79 Å². The van der Waals surface area contributed by atoms with Gasteiger partial charge in [-0.25, -0.2) is 0 Å². The molecule has 0 saturated heterocycles. The Morgan fingerprint density at radius 3 is 2.25 bits per heavy atom. The number of carbonyl (C=O) groups is 1. The number of para-hydroxylation sites is 1. The van der Waals surface area contributed by atoms with Gasteiger partial charge in [0.2, 0.25) is 0 Å². The summed E-state index contributed by atoms with van der Waals surface area (Å²) in [4.78, 5) is 12.2. The first-order chi connectivity index (χ1) is 11.6. The van der Waals surface area contributed by atoms with E-state index in [2.05, 4.69) is 19.2 Å². The van der Waals surface area contributed by atoms with Crippen LogP contribution in [0.4, 0.5) is 0 Å².